The summed E-state index contributed by atoms with van der Waals surface area (Å²) in [6.45, 7) is 14.2. The second kappa shape index (κ2) is 14.9. The smallest absolute Gasteiger partial charge is 0.314 e. The molecule has 0 radical (unpaired) electrons. The van der Waals surface area contributed by atoms with Gasteiger partial charge in [0.2, 0.25) is 0 Å². The van der Waals surface area contributed by atoms with Gasteiger partial charge in [-0.1, -0.05) is 25.8 Å². The predicted octanol–water partition coefficient (Wildman–Crippen LogP) is 7.47. The quantitative estimate of drug-likeness (QED) is 0.128. The molecule has 3 unspecified atom stereocenters. The molecule has 0 aromatic heterocycles. The van der Waals surface area contributed by atoms with Crippen molar-refractivity contribution in [3.05, 3.63) is 53.6 Å². The number of piperazine rings is 2. The van der Waals surface area contributed by atoms with Gasteiger partial charge in [0.25, 0.3) is 0 Å². The van der Waals surface area contributed by atoms with Crippen LogP contribution in [0.2, 0.25) is 19.6 Å². The summed E-state index contributed by atoms with van der Waals surface area (Å²) in [6.07, 6.45) is 20.6. The largest absolute Gasteiger partial charge is 2.00 e. The van der Waals surface area contributed by atoms with Gasteiger partial charge in [-0.05, 0) is 123 Å². The molecule has 2 heterocycles. The van der Waals surface area contributed by atoms with E-state index >= 15 is 0 Å². The number of hydrogen-bond donors (Lipinski definition) is 4. The van der Waals surface area contributed by atoms with Crippen molar-refractivity contribution in [1.82, 2.24) is 21.3 Å². The average molecular weight is 787 g/mol. The summed E-state index contributed by atoms with van der Waals surface area (Å²) in [5.41, 5.74) is 3.52. The molecule has 10 fully saturated rings. The van der Waals surface area contributed by atoms with Crippen LogP contribution in [-0.2, 0) is 28.4 Å². The van der Waals surface area contributed by atoms with E-state index in [4.69, 9.17) is 0 Å². The first-order valence-electron chi connectivity index (χ1n) is 21.0. The van der Waals surface area contributed by atoms with Gasteiger partial charge in [-0.15, -0.1) is 17.2 Å². The summed E-state index contributed by atoms with van der Waals surface area (Å²) < 4.78 is 0. The molecule has 2 aliphatic heterocycles. The van der Waals surface area contributed by atoms with Crippen molar-refractivity contribution in [2.24, 2.45) is 35.5 Å². The molecule has 2 aromatic rings. The Hall–Kier alpha value is 0.136. The Bertz CT molecular complexity index is 1300. The molecule has 2 saturated heterocycles. The second-order valence-corrected chi connectivity index (χ2v) is 29.2. The van der Waals surface area contributed by atoms with Crippen molar-refractivity contribution >= 4 is 30.4 Å². The molecule has 8 heteroatoms. The van der Waals surface area contributed by atoms with E-state index in [1.54, 1.807) is 93.4 Å². The van der Waals surface area contributed by atoms with Crippen molar-refractivity contribution < 1.29 is 17.1 Å². The van der Waals surface area contributed by atoms with E-state index in [9.17, 15) is 0 Å². The van der Waals surface area contributed by atoms with Crippen LogP contribution in [0.15, 0.2) is 42.5 Å². The topological polar surface area (TPSA) is 48.1 Å². The Morgan fingerprint density at radius 3 is 1.49 bits per heavy atom. The first-order valence-corrected chi connectivity index (χ1v) is 26.6. The van der Waals surface area contributed by atoms with Crippen LogP contribution < -0.4 is 26.5 Å². The summed E-state index contributed by atoms with van der Waals surface area (Å²) >= 11 is 0. The summed E-state index contributed by atoms with van der Waals surface area (Å²) in [5, 5.41) is 18.8. The van der Waals surface area contributed by atoms with E-state index in [0.717, 1.165) is 74.8 Å². The van der Waals surface area contributed by atoms with Gasteiger partial charge in [0.15, 0.2) is 0 Å². The van der Waals surface area contributed by atoms with Crippen molar-refractivity contribution in [2.45, 2.75) is 130 Å². The molecule has 8 aliphatic carbocycles. The van der Waals surface area contributed by atoms with E-state index in [1.807, 2.05) is 30.3 Å². The fraction of sp³-hybridized carbons (Fsp3) is 0.767. The SMILES string of the molecule is C[Si](C)(C)c1cc(CP(C23CC4CC(CC(C4)C2)C3)C23CC4CC(CC(C4)C2)C3)c(C(P)(C2CNCCN2)C2CNCCN2)[cH-]1.[Fe+2].c1cc[cH-]c1. The third-order valence-corrected chi connectivity index (χ3v) is 22.8. The van der Waals surface area contributed by atoms with Gasteiger partial charge in [0.1, 0.15) is 0 Å². The standard InChI is InChI=1S/C38H63N4P2Si.C5H5.Fe/c1-45(2,3)32-14-31(33(15-32)38(43,34-22-39-4-6-41-34)35-23-40-5-7-42-35)24-44(36-16-25-8-26(17-36)10-27(9-25)18-36)37-19-28-11-29(20-37)13-30(12-28)21-37;1-2-4-5-3-1;/h14-15,25-30,34-35,39-42H,4-13,16-24,43H2,1-3H3;1-5H;/q2*-1;+2. The summed E-state index contributed by atoms with van der Waals surface area (Å²) in [5.74, 6) is 6.35. The second-order valence-electron chi connectivity index (χ2n) is 20.1. The molecule has 282 valence electrons. The van der Waals surface area contributed by atoms with Gasteiger partial charge in [-0.3, -0.25) is 0 Å². The molecule has 2 aromatic carbocycles. The fourth-order valence-electron chi connectivity index (χ4n) is 14.2. The van der Waals surface area contributed by atoms with Gasteiger partial charge in [-0.2, -0.15) is 40.6 Å². The predicted molar refractivity (Wildman–Crippen MR) is 220 cm³/mol. The molecule has 8 saturated carbocycles. The van der Waals surface area contributed by atoms with Crippen LogP contribution in [-0.4, -0.2) is 69.7 Å². The van der Waals surface area contributed by atoms with Crippen LogP contribution in [0.25, 0.3) is 0 Å². The zero-order chi connectivity index (χ0) is 34.1. The Morgan fingerprint density at radius 1 is 0.725 bits per heavy atom. The van der Waals surface area contributed by atoms with Gasteiger partial charge < -0.3 is 21.3 Å². The Morgan fingerprint density at radius 2 is 1.16 bits per heavy atom. The number of nitrogens with one attached hydrogen (secondary N) is 4. The van der Waals surface area contributed by atoms with E-state index in [2.05, 4.69) is 62.3 Å². The number of rotatable bonds is 8. The number of hydrogen-bond acceptors (Lipinski definition) is 4. The zero-order valence-corrected chi connectivity index (χ0v) is 36.1. The molecule has 4 nitrogen and oxygen atoms in total. The minimum atomic E-state index is -1.49. The molecule has 12 rings (SSSR count). The maximum Gasteiger partial charge on any atom is 2.00 e. The van der Waals surface area contributed by atoms with Crippen molar-refractivity contribution in [3.63, 3.8) is 0 Å². The summed E-state index contributed by atoms with van der Waals surface area (Å²) in [7, 11) is 2.01. The van der Waals surface area contributed by atoms with Gasteiger partial charge in [0.05, 0.1) is 8.07 Å². The monoisotopic (exact) mass is 786 g/mol. The van der Waals surface area contributed by atoms with Crippen molar-refractivity contribution in [1.29, 1.82) is 0 Å². The minimum Gasteiger partial charge on any atom is -0.314 e. The van der Waals surface area contributed by atoms with Gasteiger partial charge in [0, 0.05) is 56.5 Å². The van der Waals surface area contributed by atoms with Crippen LogP contribution in [0.5, 0.6) is 0 Å². The zero-order valence-electron chi connectivity index (χ0n) is 32.0. The van der Waals surface area contributed by atoms with E-state index in [0.29, 0.717) is 22.4 Å². The van der Waals surface area contributed by atoms with Gasteiger partial charge >= 0.3 is 17.1 Å². The molecule has 0 spiro atoms. The molecule has 3 atom stereocenters. The van der Waals surface area contributed by atoms with Crippen LogP contribution in [0.4, 0.5) is 0 Å². The average Bonchev–Trinajstić information content (AvgIpc) is 3.81. The van der Waals surface area contributed by atoms with Gasteiger partial charge in [-0.25, -0.2) is 18.2 Å². The molecular weight excluding hydrogens is 718 g/mol. The molecule has 51 heavy (non-hydrogen) atoms. The van der Waals surface area contributed by atoms with Crippen LogP contribution in [0.3, 0.4) is 0 Å². The van der Waals surface area contributed by atoms with Crippen molar-refractivity contribution in [3.8, 4) is 0 Å². The summed E-state index contributed by atoms with van der Waals surface area (Å²) in [4.78, 5) is 0. The maximum atomic E-state index is 4.07. The molecule has 10 aliphatic rings. The Kier molecular flexibility index (Phi) is 11.1. The van der Waals surface area contributed by atoms with Crippen LogP contribution >= 0.6 is 17.2 Å². The fourth-order valence-corrected chi connectivity index (χ4v) is 21.3. The molecule has 8 bridgehead atoms. The third kappa shape index (κ3) is 7.19. The minimum absolute atomic E-state index is 0. The van der Waals surface area contributed by atoms with E-state index in [-0.39, 0.29) is 30.1 Å². The first-order chi connectivity index (χ1) is 24.1. The first kappa shape index (κ1) is 38.0. The Balaban J connectivity index is 0.000000576. The van der Waals surface area contributed by atoms with E-state index in [1.165, 1.54) is 6.16 Å². The van der Waals surface area contributed by atoms with E-state index < -0.39 is 8.07 Å². The Labute approximate surface area is 325 Å². The normalized spacial score (nSPS) is 41.3. The maximum absolute atomic E-state index is 4.07. The molecule has 4 N–H and O–H groups in total. The molecule has 0 amide bonds. The summed E-state index contributed by atoms with van der Waals surface area (Å²) in [6, 6.07) is 16.5. The van der Waals surface area contributed by atoms with Crippen molar-refractivity contribution in [2.75, 3.05) is 39.3 Å². The van der Waals surface area contributed by atoms with Crippen LogP contribution in [0, 0.1) is 35.5 Å². The molecular formula is C43H68FeN4P2Si. The third-order valence-electron chi connectivity index (χ3n) is 15.6. The van der Waals surface area contributed by atoms with Crippen LogP contribution in [0.1, 0.15) is 88.2 Å².